The molecule has 41 heavy (non-hydrogen) atoms. The van der Waals surface area contributed by atoms with Gasteiger partial charge in [0.1, 0.15) is 18.2 Å². The van der Waals surface area contributed by atoms with E-state index in [2.05, 4.69) is 23.5 Å². The lowest BCUT2D eigenvalue weighted by molar-refractivity contribution is -0.154. The maximum atomic E-state index is 14.5. The van der Waals surface area contributed by atoms with Crippen LogP contribution in [-0.2, 0) is 25.8 Å². The number of benzene rings is 1. The van der Waals surface area contributed by atoms with E-state index in [0.717, 1.165) is 30.3 Å². The number of carbonyl (C=O) groups is 3. The molecule has 3 aliphatic rings. The number of aliphatic hydroxyl groups is 1. The highest BCUT2D eigenvalue weighted by Gasteiger charge is 2.74. The summed E-state index contributed by atoms with van der Waals surface area (Å²) < 4.78 is 6.65. The lowest BCUT2D eigenvalue weighted by Gasteiger charge is -2.37. The van der Waals surface area contributed by atoms with Gasteiger partial charge in [0.15, 0.2) is 0 Å². The minimum Gasteiger partial charge on any atom is -0.465 e. The second-order valence-corrected chi connectivity index (χ2v) is 12.6. The normalized spacial score (nSPS) is 26.4. The molecule has 0 radical (unpaired) electrons. The molecule has 1 spiro atoms. The van der Waals surface area contributed by atoms with E-state index in [1.54, 1.807) is 38.4 Å². The third kappa shape index (κ3) is 5.41. The number of nitrogens with zero attached hydrogens (tertiary/aromatic N) is 5. The van der Waals surface area contributed by atoms with E-state index >= 15 is 0 Å². The van der Waals surface area contributed by atoms with Gasteiger partial charge in [-0.3, -0.25) is 14.4 Å². The first-order valence-electron chi connectivity index (χ1n) is 14.5. The Bertz CT molecular complexity index is 1300. The second kappa shape index (κ2) is 12.8. The Hall–Kier alpha value is -3.18. The zero-order valence-electron chi connectivity index (χ0n) is 23.4. The van der Waals surface area contributed by atoms with Gasteiger partial charge in [0.05, 0.1) is 28.7 Å². The molecule has 0 aliphatic carbocycles. The van der Waals surface area contributed by atoms with E-state index < -0.39 is 22.6 Å². The molecule has 3 aliphatic heterocycles. The molecule has 2 bridgehead atoms. The van der Waals surface area contributed by atoms with Crippen LogP contribution in [0.4, 0.5) is 0 Å². The van der Waals surface area contributed by atoms with Crippen LogP contribution in [0, 0.1) is 11.8 Å². The van der Waals surface area contributed by atoms with Crippen molar-refractivity contribution in [2.75, 3.05) is 26.3 Å². The van der Waals surface area contributed by atoms with Gasteiger partial charge < -0.3 is 19.6 Å². The quantitative estimate of drug-likeness (QED) is 0.194. The van der Waals surface area contributed by atoms with Crippen LogP contribution < -0.4 is 0 Å². The van der Waals surface area contributed by atoms with Crippen molar-refractivity contribution in [3.63, 3.8) is 0 Å². The topological polar surface area (TPSA) is 118 Å². The third-order valence-electron chi connectivity index (χ3n) is 8.55. The first-order valence-corrected chi connectivity index (χ1v) is 15.4. The lowest BCUT2D eigenvalue weighted by Crippen LogP contribution is -2.55. The van der Waals surface area contributed by atoms with Crippen molar-refractivity contribution in [3.8, 4) is 0 Å². The summed E-state index contributed by atoms with van der Waals surface area (Å²) in [5.74, 6) is -1.80. The fourth-order valence-corrected chi connectivity index (χ4v) is 8.94. The summed E-state index contributed by atoms with van der Waals surface area (Å²) >= 11 is 1.64. The van der Waals surface area contributed by atoms with Crippen molar-refractivity contribution in [2.45, 2.75) is 67.7 Å². The number of likely N-dealkylation sites (tertiary alicyclic amines) is 1. The van der Waals surface area contributed by atoms with E-state index in [1.807, 2.05) is 24.3 Å². The van der Waals surface area contributed by atoms with Crippen molar-refractivity contribution >= 4 is 40.6 Å². The average Bonchev–Trinajstić information content (AvgIpc) is 3.72. The molecule has 2 amide bonds. The molecule has 1 N–H and O–H groups in total. The van der Waals surface area contributed by atoms with Crippen molar-refractivity contribution in [1.29, 1.82) is 0 Å². The molecule has 2 aromatic rings. The van der Waals surface area contributed by atoms with E-state index in [0.29, 0.717) is 38.8 Å². The van der Waals surface area contributed by atoms with Crippen molar-refractivity contribution in [3.05, 3.63) is 49.6 Å². The molecule has 5 atom stereocenters. The Balaban J connectivity index is 1.44. The summed E-state index contributed by atoms with van der Waals surface area (Å²) in [5.41, 5.74) is 1.54. The number of thioether (sulfide) groups is 1. The Kier molecular flexibility index (Phi) is 9.13. The molecule has 3 fully saturated rings. The summed E-state index contributed by atoms with van der Waals surface area (Å²) in [5, 5.41) is 17.7. The molecule has 1 aromatic carbocycles. The second-order valence-electron chi connectivity index (χ2n) is 11.0. The minimum atomic E-state index is -0.711. The Morgan fingerprint density at radius 1 is 1.20 bits per heavy atom. The highest BCUT2D eigenvalue weighted by atomic mass is 32.2. The van der Waals surface area contributed by atoms with Crippen molar-refractivity contribution in [1.82, 2.24) is 24.8 Å². The molecule has 0 saturated carbocycles. The summed E-state index contributed by atoms with van der Waals surface area (Å²) in [4.78, 5) is 45.4. The molecule has 4 heterocycles. The summed E-state index contributed by atoms with van der Waals surface area (Å²) in [7, 11) is 0. The smallest absolute Gasteiger partial charge is 0.310 e. The molecule has 2 unspecified atom stereocenters. The summed E-state index contributed by atoms with van der Waals surface area (Å²) in [6.45, 7) is 8.80. The van der Waals surface area contributed by atoms with Crippen LogP contribution in [0.1, 0.15) is 44.9 Å². The maximum absolute atomic E-state index is 14.5. The number of aromatic nitrogens is 3. The van der Waals surface area contributed by atoms with Crippen LogP contribution >= 0.6 is 11.8 Å². The number of allylic oxidation sites excluding steroid dienone is 1. The van der Waals surface area contributed by atoms with Gasteiger partial charge >= 0.3 is 5.97 Å². The largest absolute Gasteiger partial charge is 0.465 e. The van der Waals surface area contributed by atoms with E-state index in [1.165, 1.54) is 0 Å². The van der Waals surface area contributed by atoms with Gasteiger partial charge in [-0.1, -0.05) is 29.5 Å². The highest BCUT2D eigenvalue weighted by Crippen LogP contribution is 2.66. The lowest BCUT2D eigenvalue weighted by atomic mass is 9.71. The molecule has 5 rings (SSSR count). The maximum Gasteiger partial charge on any atom is 0.310 e. The van der Waals surface area contributed by atoms with E-state index in [4.69, 9.17) is 4.74 Å². The first-order chi connectivity index (χ1) is 20.0. The average molecular weight is 582 g/mol. The Morgan fingerprint density at radius 2 is 2.02 bits per heavy atom. The van der Waals surface area contributed by atoms with Gasteiger partial charge in [0.25, 0.3) is 0 Å². The van der Waals surface area contributed by atoms with Crippen molar-refractivity contribution < 1.29 is 24.2 Å². The Morgan fingerprint density at radius 3 is 2.80 bits per heavy atom. The number of amides is 2. The molecule has 220 valence electrons. The van der Waals surface area contributed by atoms with Crippen LogP contribution in [-0.4, -0.2) is 90.0 Å². The molecule has 3 saturated heterocycles. The van der Waals surface area contributed by atoms with Crippen LogP contribution in [0.15, 0.2) is 49.6 Å². The fourth-order valence-electron chi connectivity index (χ4n) is 6.74. The van der Waals surface area contributed by atoms with Gasteiger partial charge in [-0.15, -0.1) is 30.0 Å². The van der Waals surface area contributed by atoms with Gasteiger partial charge in [-0.25, -0.2) is 4.68 Å². The molecular weight excluding hydrogens is 542 g/mol. The van der Waals surface area contributed by atoms with Crippen LogP contribution in [0.3, 0.4) is 0 Å². The summed E-state index contributed by atoms with van der Waals surface area (Å²) in [6.07, 6.45) is 8.40. The van der Waals surface area contributed by atoms with Crippen molar-refractivity contribution in [2.24, 2.45) is 11.8 Å². The number of unbranched alkanes of at least 4 members (excludes halogenated alkanes) is 3. The standard InChI is InChI=1S/C30H39N5O5S/c1-3-5-11-19-40-29(39)24-23-14-15-30(41-23)25(24)27(37)34(17-9-6-10-18-36)26(30)28(38)33(16-4-2)20-35-22-13-8-7-12-21(22)31-32-35/h3-4,7-8,12-13,23-26,36H,1-2,5-6,9-11,14-20H2/t23-,24+,25+,26?,30?/m1/s1. The van der Waals surface area contributed by atoms with Crippen LogP contribution in [0.5, 0.6) is 0 Å². The number of rotatable bonds is 15. The minimum absolute atomic E-state index is 0.0465. The SMILES string of the molecule is C=CCCCOC(=O)[C@@H]1[C@H]2C(=O)N(CCCCCO)C(C(=O)N(CC=C)Cn3nnc4ccccc43)C23CC[C@H]1S3. The predicted molar refractivity (Wildman–Crippen MR) is 157 cm³/mol. The number of esters is 1. The van der Waals surface area contributed by atoms with Gasteiger partial charge in [0, 0.05) is 24.9 Å². The molecular formula is C30H39N5O5S. The van der Waals surface area contributed by atoms with Gasteiger partial charge in [0.2, 0.25) is 11.8 Å². The number of fused-ring (bicyclic) bond motifs is 2. The highest BCUT2D eigenvalue weighted by molar-refractivity contribution is 8.02. The molecule has 1 aromatic heterocycles. The summed E-state index contributed by atoms with van der Waals surface area (Å²) in [6, 6.07) is 6.86. The van der Waals surface area contributed by atoms with E-state index in [9.17, 15) is 19.5 Å². The number of para-hydroxylation sites is 1. The zero-order valence-corrected chi connectivity index (χ0v) is 24.2. The van der Waals surface area contributed by atoms with Crippen LogP contribution in [0.2, 0.25) is 0 Å². The molecule has 11 heteroatoms. The monoisotopic (exact) mass is 581 g/mol. The number of hydrogen-bond donors (Lipinski definition) is 1. The van der Waals surface area contributed by atoms with Crippen LogP contribution in [0.25, 0.3) is 11.0 Å². The van der Waals surface area contributed by atoms with Gasteiger partial charge in [-0.05, 0) is 57.1 Å². The van der Waals surface area contributed by atoms with Gasteiger partial charge in [-0.2, -0.15) is 0 Å². The third-order valence-corrected chi connectivity index (χ3v) is 10.5. The first kappa shape index (κ1) is 29.3. The number of ether oxygens (including phenoxy) is 1. The van der Waals surface area contributed by atoms with E-state index in [-0.39, 0.29) is 42.9 Å². The molecule has 10 nitrogen and oxygen atoms in total. The zero-order chi connectivity index (χ0) is 29.0. The number of carbonyl (C=O) groups excluding carboxylic acids is 3. The fraction of sp³-hybridized carbons (Fsp3) is 0.567. The Labute approximate surface area is 244 Å². The number of hydrogen-bond acceptors (Lipinski definition) is 8. The number of aliphatic hydroxyl groups excluding tert-OH is 1. The predicted octanol–water partition coefficient (Wildman–Crippen LogP) is 3.17.